The van der Waals surface area contributed by atoms with Crippen LogP contribution >= 0.6 is 0 Å². The van der Waals surface area contributed by atoms with E-state index in [0.29, 0.717) is 17.7 Å². The highest BCUT2D eigenvalue weighted by Crippen LogP contribution is 2.36. The molecule has 1 amide bonds. The predicted octanol–water partition coefficient (Wildman–Crippen LogP) is 3.09. The van der Waals surface area contributed by atoms with Crippen molar-refractivity contribution >= 4 is 5.91 Å². The van der Waals surface area contributed by atoms with Gasteiger partial charge in [0.15, 0.2) is 5.60 Å². The maximum atomic E-state index is 13.6. The number of benzene rings is 2. The number of halogens is 2. The van der Waals surface area contributed by atoms with Gasteiger partial charge in [-0.3, -0.25) is 4.79 Å². The molecule has 8 heteroatoms. The Morgan fingerprint density at radius 2 is 1.79 bits per heavy atom. The molecule has 0 bridgehead atoms. The number of rotatable bonds is 9. The summed E-state index contributed by atoms with van der Waals surface area (Å²) in [5.74, 6) is -1.03. The van der Waals surface area contributed by atoms with Crippen molar-refractivity contribution in [2.75, 3.05) is 6.54 Å². The predicted molar refractivity (Wildman–Crippen MR) is 118 cm³/mol. The van der Waals surface area contributed by atoms with Gasteiger partial charge in [0.05, 0.1) is 25.4 Å². The molecular formula is C25H31F2NO5. The molecular weight excluding hydrogens is 432 g/mol. The van der Waals surface area contributed by atoms with Crippen LogP contribution in [0.2, 0.25) is 0 Å². The molecule has 2 aromatic carbocycles. The fourth-order valence-corrected chi connectivity index (χ4v) is 3.85. The van der Waals surface area contributed by atoms with Crippen LogP contribution in [-0.2, 0) is 27.5 Å². The Balaban J connectivity index is 1.79. The van der Waals surface area contributed by atoms with Crippen LogP contribution in [0.25, 0.3) is 0 Å². The Bertz CT molecular complexity index is 923. The lowest BCUT2D eigenvalue weighted by Crippen LogP contribution is -2.60. The van der Waals surface area contributed by atoms with E-state index in [1.54, 1.807) is 24.3 Å². The summed E-state index contributed by atoms with van der Waals surface area (Å²) in [6.45, 7) is 4.32. The highest BCUT2D eigenvalue weighted by molar-refractivity contribution is 5.85. The van der Waals surface area contributed by atoms with E-state index in [0.717, 1.165) is 0 Å². The minimum Gasteiger partial charge on any atom is -0.390 e. The van der Waals surface area contributed by atoms with Gasteiger partial charge in [0.2, 0.25) is 0 Å². The average molecular weight is 464 g/mol. The van der Waals surface area contributed by atoms with Gasteiger partial charge >= 0.3 is 0 Å². The molecule has 0 saturated heterocycles. The number of aliphatic hydroxyl groups is 2. The molecule has 0 radical (unpaired) electrons. The second kappa shape index (κ2) is 11.2. The first-order chi connectivity index (χ1) is 15.7. The number of amides is 1. The summed E-state index contributed by atoms with van der Waals surface area (Å²) in [4.78, 5) is 13.2. The van der Waals surface area contributed by atoms with Crippen molar-refractivity contribution in [3.8, 4) is 0 Å². The van der Waals surface area contributed by atoms with Crippen LogP contribution in [0, 0.1) is 17.6 Å². The van der Waals surface area contributed by atoms with Crippen molar-refractivity contribution in [2.45, 2.75) is 63.8 Å². The van der Waals surface area contributed by atoms with Crippen LogP contribution in [-0.4, -0.2) is 46.6 Å². The summed E-state index contributed by atoms with van der Waals surface area (Å²) in [6.07, 6.45) is -3.55. The van der Waals surface area contributed by atoms with Crippen molar-refractivity contribution in [1.82, 2.24) is 5.32 Å². The van der Waals surface area contributed by atoms with E-state index in [9.17, 15) is 23.8 Å². The highest BCUT2D eigenvalue weighted by atomic mass is 19.1. The number of hydrogen-bond acceptors (Lipinski definition) is 5. The van der Waals surface area contributed by atoms with Crippen molar-refractivity contribution in [3.05, 3.63) is 71.3 Å². The average Bonchev–Trinajstić information content (AvgIpc) is 2.78. The summed E-state index contributed by atoms with van der Waals surface area (Å²) in [6, 6.07) is 11.6. The molecule has 0 spiro atoms. The first kappa shape index (κ1) is 25.2. The minimum absolute atomic E-state index is 0.00827. The third-order valence-electron chi connectivity index (χ3n) is 5.71. The molecule has 2 aromatic rings. The Kier molecular flexibility index (Phi) is 8.53. The maximum Gasteiger partial charge on any atom is 0.252 e. The SMILES string of the molecule is CC(C)CNC(=O)[C@@]1(OCc2cccc(F)c2)CC(OCc2ccc(F)cc2)[C@H](O)[C@H](O)C1. The van der Waals surface area contributed by atoms with Crippen molar-refractivity contribution < 1.29 is 33.3 Å². The molecule has 1 aliphatic rings. The first-order valence-corrected chi connectivity index (χ1v) is 11.1. The molecule has 1 fully saturated rings. The number of carbonyl (C=O) groups is 1. The largest absolute Gasteiger partial charge is 0.390 e. The molecule has 0 aliphatic heterocycles. The van der Waals surface area contributed by atoms with Gasteiger partial charge < -0.3 is 25.0 Å². The third kappa shape index (κ3) is 6.80. The van der Waals surface area contributed by atoms with Crippen LogP contribution in [0.15, 0.2) is 48.5 Å². The summed E-state index contributed by atoms with van der Waals surface area (Å²) >= 11 is 0. The molecule has 0 aromatic heterocycles. The van der Waals surface area contributed by atoms with Crippen LogP contribution in [0.3, 0.4) is 0 Å². The van der Waals surface area contributed by atoms with Crippen LogP contribution in [0.5, 0.6) is 0 Å². The number of hydrogen-bond donors (Lipinski definition) is 3. The lowest BCUT2D eigenvalue weighted by Gasteiger charge is -2.44. The zero-order valence-electron chi connectivity index (χ0n) is 18.8. The normalized spacial score (nSPS) is 25.2. The van der Waals surface area contributed by atoms with Crippen molar-refractivity contribution in [3.63, 3.8) is 0 Å². The van der Waals surface area contributed by atoms with Gasteiger partial charge in [-0.25, -0.2) is 8.78 Å². The van der Waals surface area contributed by atoms with Crippen molar-refractivity contribution in [2.24, 2.45) is 5.92 Å². The molecule has 6 nitrogen and oxygen atoms in total. The highest BCUT2D eigenvalue weighted by Gasteiger charge is 2.51. The lowest BCUT2D eigenvalue weighted by molar-refractivity contribution is -0.200. The molecule has 1 unspecified atom stereocenters. The summed E-state index contributed by atoms with van der Waals surface area (Å²) in [7, 11) is 0. The molecule has 0 heterocycles. The van der Waals surface area contributed by atoms with Gasteiger partial charge in [-0.2, -0.15) is 0 Å². The standard InChI is InChI=1S/C25H31F2NO5/c1-16(2)13-28-24(31)25(33-15-18-4-3-5-20(27)10-18)11-21(29)23(30)22(12-25)32-14-17-6-8-19(26)9-7-17/h3-10,16,21-23,29-30H,11-15H2,1-2H3,(H,28,31)/t21-,22?,23-,25+/m1/s1. The minimum atomic E-state index is -1.48. The Morgan fingerprint density at radius 3 is 2.45 bits per heavy atom. The van der Waals surface area contributed by atoms with Crippen LogP contribution in [0.4, 0.5) is 8.78 Å². The Hall–Kier alpha value is -2.39. The second-order valence-electron chi connectivity index (χ2n) is 8.96. The van der Waals surface area contributed by atoms with Crippen LogP contribution in [0.1, 0.15) is 37.8 Å². The quantitative estimate of drug-likeness (QED) is 0.532. The zero-order valence-corrected chi connectivity index (χ0v) is 18.8. The van der Waals surface area contributed by atoms with E-state index in [-0.39, 0.29) is 37.8 Å². The Labute approximate surface area is 192 Å². The van der Waals surface area contributed by atoms with Gasteiger partial charge in [0, 0.05) is 19.4 Å². The van der Waals surface area contributed by atoms with E-state index in [1.807, 2.05) is 13.8 Å². The Morgan fingerprint density at radius 1 is 1.06 bits per heavy atom. The fraction of sp³-hybridized carbons (Fsp3) is 0.480. The molecule has 1 saturated carbocycles. The molecule has 33 heavy (non-hydrogen) atoms. The summed E-state index contributed by atoms with van der Waals surface area (Å²) < 4.78 is 38.7. The lowest BCUT2D eigenvalue weighted by atomic mass is 9.78. The first-order valence-electron chi connectivity index (χ1n) is 11.1. The maximum absolute atomic E-state index is 13.6. The van der Waals surface area contributed by atoms with E-state index >= 15 is 0 Å². The monoisotopic (exact) mass is 463 g/mol. The summed E-state index contributed by atoms with van der Waals surface area (Å²) in [5, 5.41) is 24.0. The topological polar surface area (TPSA) is 88.0 Å². The van der Waals surface area contributed by atoms with Crippen molar-refractivity contribution in [1.29, 1.82) is 0 Å². The van der Waals surface area contributed by atoms with E-state index in [1.165, 1.54) is 24.3 Å². The van der Waals surface area contributed by atoms with Crippen LogP contribution < -0.4 is 5.32 Å². The second-order valence-corrected chi connectivity index (χ2v) is 8.96. The molecule has 1 aliphatic carbocycles. The number of carbonyl (C=O) groups excluding carboxylic acids is 1. The van der Waals surface area contributed by atoms with Gasteiger partial charge in [-0.05, 0) is 41.3 Å². The van der Waals surface area contributed by atoms with E-state index < -0.39 is 35.6 Å². The van der Waals surface area contributed by atoms with E-state index in [2.05, 4.69) is 5.32 Å². The molecule has 3 rings (SSSR count). The van der Waals surface area contributed by atoms with Gasteiger partial charge in [-0.15, -0.1) is 0 Å². The molecule has 3 N–H and O–H groups in total. The summed E-state index contributed by atoms with van der Waals surface area (Å²) in [5.41, 5.74) is -0.262. The fourth-order valence-electron chi connectivity index (χ4n) is 3.85. The number of ether oxygens (including phenoxy) is 2. The van der Waals surface area contributed by atoms with Gasteiger partial charge in [0.1, 0.15) is 17.7 Å². The smallest absolute Gasteiger partial charge is 0.252 e. The third-order valence-corrected chi connectivity index (χ3v) is 5.71. The zero-order chi connectivity index (χ0) is 24.0. The molecule has 4 atom stereocenters. The molecule has 180 valence electrons. The number of aliphatic hydroxyl groups excluding tert-OH is 2. The number of nitrogens with one attached hydrogen (secondary N) is 1. The van der Waals surface area contributed by atoms with Gasteiger partial charge in [0.25, 0.3) is 5.91 Å². The van der Waals surface area contributed by atoms with Gasteiger partial charge in [-0.1, -0.05) is 38.1 Å². The van der Waals surface area contributed by atoms with E-state index in [4.69, 9.17) is 9.47 Å².